The van der Waals surface area contributed by atoms with Gasteiger partial charge in [0.25, 0.3) is 0 Å². The Hall–Kier alpha value is -1.95. The van der Waals surface area contributed by atoms with Gasteiger partial charge in [-0.1, -0.05) is 18.2 Å². The topological polar surface area (TPSA) is 19.0 Å². The highest BCUT2D eigenvalue weighted by molar-refractivity contribution is 9.10. The Bertz CT molecular complexity index is 907. The van der Waals surface area contributed by atoms with Crippen molar-refractivity contribution in [2.24, 2.45) is 0 Å². The smallest absolute Gasteiger partial charge is 0.371 e. The number of alkyl halides is 3. The SMILES string of the molecule is FC(F)(F)c1ccc(N2CCC(c3c(Br)[nH]c4ccccc34)CC2)cc1. The molecule has 6 heteroatoms. The number of H-pyrrole nitrogens is 1. The van der Waals surface area contributed by atoms with Crippen LogP contribution in [0.15, 0.2) is 53.1 Å². The van der Waals surface area contributed by atoms with Crippen LogP contribution in [0.5, 0.6) is 0 Å². The van der Waals surface area contributed by atoms with Gasteiger partial charge in [-0.15, -0.1) is 0 Å². The van der Waals surface area contributed by atoms with E-state index in [0.717, 1.165) is 53.9 Å². The maximum atomic E-state index is 12.7. The predicted octanol–water partition coefficient (Wildman–Crippen LogP) is 6.33. The second-order valence-electron chi connectivity index (χ2n) is 6.70. The summed E-state index contributed by atoms with van der Waals surface area (Å²) in [5.74, 6) is 0.436. The normalized spacial score (nSPS) is 16.4. The number of halogens is 4. The van der Waals surface area contributed by atoms with Gasteiger partial charge in [0, 0.05) is 29.7 Å². The molecule has 2 nitrogen and oxygen atoms in total. The maximum absolute atomic E-state index is 12.7. The fourth-order valence-electron chi connectivity index (χ4n) is 3.82. The van der Waals surface area contributed by atoms with Crippen LogP contribution in [0.1, 0.15) is 29.9 Å². The van der Waals surface area contributed by atoms with Crippen molar-refractivity contribution in [1.82, 2.24) is 4.98 Å². The first kappa shape index (κ1) is 17.5. The number of anilines is 1. The van der Waals surface area contributed by atoms with Crippen molar-refractivity contribution in [2.75, 3.05) is 18.0 Å². The third-order valence-corrected chi connectivity index (χ3v) is 5.79. The fourth-order valence-corrected chi connectivity index (χ4v) is 4.57. The van der Waals surface area contributed by atoms with Crippen molar-refractivity contribution >= 4 is 32.5 Å². The molecule has 26 heavy (non-hydrogen) atoms. The van der Waals surface area contributed by atoms with Crippen LogP contribution in [0, 0.1) is 0 Å². The highest BCUT2D eigenvalue weighted by Crippen LogP contribution is 2.39. The lowest BCUT2D eigenvalue weighted by Crippen LogP contribution is -2.32. The van der Waals surface area contributed by atoms with Gasteiger partial charge in [-0.3, -0.25) is 0 Å². The van der Waals surface area contributed by atoms with E-state index < -0.39 is 11.7 Å². The molecule has 0 aliphatic carbocycles. The molecule has 0 unspecified atom stereocenters. The van der Waals surface area contributed by atoms with Gasteiger partial charge in [-0.25, -0.2) is 0 Å². The number of benzene rings is 2. The molecule has 1 aliphatic rings. The molecular formula is C20H18BrF3N2. The molecule has 0 bridgehead atoms. The van der Waals surface area contributed by atoms with Crippen LogP contribution in [0.3, 0.4) is 0 Å². The minimum Gasteiger partial charge on any atom is -0.371 e. The molecule has 1 aliphatic heterocycles. The highest BCUT2D eigenvalue weighted by Gasteiger charge is 2.30. The monoisotopic (exact) mass is 422 g/mol. The number of hydrogen-bond donors (Lipinski definition) is 1. The average Bonchev–Trinajstić information content (AvgIpc) is 2.97. The summed E-state index contributed by atoms with van der Waals surface area (Å²) in [6.45, 7) is 1.67. The first-order chi connectivity index (χ1) is 12.4. The number of aromatic nitrogens is 1. The van der Waals surface area contributed by atoms with Crippen molar-refractivity contribution in [3.8, 4) is 0 Å². The van der Waals surface area contributed by atoms with Gasteiger partial charge in [-0.2, -0.15) is 13.2 Å². The van der Waals surface area contributed by atoms with E-state index in [1.807, 2.05) is 12.1 Å². The van der Waals surface area contributed by atoms with Gasteiger partial charge < -0.3 is 9.88 Å². The zero-order valence-electron chi connectivity index (χ0n) is 14.0. The number of rotatable bonds is 2. The lowest BCUT2D eigenvalue weighted by molar-refractivity contribution is -0.137. The van der Waals surface area contributed by atoms with Gasteiger partial charge in [0.15, 0.2) is 0 Å². The minimum absolute atomic E-state index is 0.436. The Morgan fingerprint density at radius 2 is 1.62 bits per heavy atom. The third-order valence-electron chi connectivity index (χ3n) is 5.16. The summed E-state index contributed by atoms with van der Waals surface area (Å²) in [5.41, 5.74) is 2.69. The summed E-state index contributed by atoms with van der Waals surface area (Å²) in [5, 5.41) is 1.24. The van der Waals surface area contributed by atoms with E-state index in [4.69, 9.17) is 0 Å². The van der Waals surface area contributed by atoms with Crippen LogP contribution in [0.25, 0.3) is 10.9 Å². The van der Waals surface area contributed by atoms with Crippen LogP contribution in [0.2, 0.25) is 0 Å². The van der Waals surface area contributed by atoms with E-state index in [1.165, 1.54) is 10.9 Å². The van der Waals surface area contributed by atoms with Crippen LogP contribution in [-0.2, 0) is 6.18 Å². The molecule has 0 radical (unpaired) electrons. The number of para-hydroxylation sites is 1. The quantitative estimate of drug-likeness (QED) is 0.510. The molecule has 0 spiro atoms. The molecule has 2 aromatic carbocycles. The number of aromatic amines is 1. The summed E-state index contributed by atoms with van der Waals surface area (Å²) in [6.07, 6.45) is -2.34. The number of nitrogens with zero attached hydrogens (tertiary/aromatic N) is 1. The van der Waals surface area contributed by atoms with Crippen molar-refractivity contribution in [3.05, 3.63) is 64.3 Å². The Kier molecular flexibility index (Phi) is 4.47. The highest BCUT2D eigenvalue weighted by atomic mass is 79.9. The molecule has 1 N–H and O–H groups in total. The second-order valence-corrected chi connectivity index (χ2v) is 7.50. The molecule has 136 valence electrons. The van der Waals surface area contributed by atoms with Crippen molar-refractivity contribution < 1.29 is 13.2 Å². The summed E-state index contributed by atoms with van der Waals surface area (Å²) in [7, 11) is 0. The van der Waals surface area contributed by atoms with E-state index in [2.05, 4.69) is 37.9 Å². The van der Waals surface area contributed by atoms with Crippen molar-refractivity contribution in [2.45, 2.75) is 24.9 Å². The Balaban J connectivity index is 1.49. The molecule has 0 saturated carbocycles. The Labute approximate surface area is 158 Å². The molecule has 0 atom stereocenters. The number of hydrogen-bond acceptors (Lipinski definition) is 1. The zero-order chi connectivity index (χ0) is 18.3. The minimum atomic E-state index is -4.28. The standard InChI is InChI=1S/C20H18BrF3N2/c21-19-18(16-3-1-2-4-17(16)25-19)13-9-11-26(12-10-13)15-7-5-14(6-8-15)20(22,23)24/h1-8,13,25H,9-12H2. The summed E-state index contributed by atoms with van der Waals surface area (Å²) >= 11 is 3.66. The van der Waals surface area contributed by atoms with E-state index >= 15 is 0 Å². The maximum Gasteiger partial charge on any atom is 0.416 e. The molecule has 2 heterocycles. The Morgan fingerprint density at radius 3 is 2.27 bits per heavy atom. The van der Waals surface area contributed by atoms with Gasteiger partial charge in [0.1, 0.15) is 0 Å². The van der Waals surface area contributed by atoms with Crippen LogP contribution < -0.4 is 4.90 Å². The fraction of sp³-hybridized carbons (Fsp3) is 0.300. The first-order valence-electron chi connectivity index (χ1n) is 8.62. The molecule has 1 aromatic heterocycles. The molecular weight excluding hydrogens is 405 g/mol. The summed E-state index contributed by atoms with van der Waals surface area (Å²) < 4.78 is 39.2. The lowest BCUT2D eigenvalue weighted by atomic mass is 9.89. The number of piperidine rings is 1. The van der Waals surface area contributed by atoms with E-state index in [-0.39, 0.29) is 0 Å². The molecule has 3 aromatic rings. The molecule has 1 saturated heterocycles. The largest absolute Gasteiger partial charge is 0.416 e. The number of fused-ring (bicyclic) bond motifs is 1. The third kappa shape index (κ3) is 3.22. The van der Waals surface area contributed by atoms with Gasteiger partial charge in [0.2, 0.25) is 0 Å². The van der Waals surface area contributed by atoms with Crippen LogP contribution in [-0.4, -0.2) is 18.1 Å². The van der Waals surface area contributed by atoms with Crippen molar-refractivity contribution in [1.29, 1.82) is 0 Å². The number of nitrogens with one attached hydrogen (secondary N) is 1. The first-order valence-corrected chi connectivity index (χ1v) is 9.41. The average molecular weight is 423 g/mol. The molecule has 1 fully saturated rings. The molecule has 4 rings (SSSR count). The second kappa shape index (κ2) is 6.65. The van der Waals surface area contributed by atoms with Crippen LogP contribution in [0.4, 0.5) is 18.9 Å². The molecule has 0 amide bonds. The zero-order valence-corrected chi connectivity index (χ0v) is 15.6. The lowest BCUT2D eigenvalue weighted by Gasteiger charge is -2.34. The van der Waals surface area contributed by atoms with E-state index in [0.29, 0.717) is 5.92 Å². The van der Waals surface area contributed by atoms with E-state index in [9.17, 15) is 13.2 Å². The van der Waals surface area contributed by atoms with Crippen LogP contribution >= 0.6 is 15.9 Å². The van der Waals surface area contributed by atoms with Gasteiger partial charge in [-0.05, 0) is 70.6 Å². The predicted molar refractivity (Wildman–Crippen MR) is 102 cm³/mol. The van der Waals surface area contributed by atoms with E-state index in [1.54, 1.807) is 12.1 Å². The van der Waals surface area contributed by atoms with Crippen molar-refractivity contribution in [3.63, 3.8) is 0 Å². The van der Waals surface area contributed by atoms with Gasteiger partial charge >= 0.3 is 6.18 Å². The van der Waals surface area contributed by atoms with Gasteiger partial charge in [0.05, 0.1) is 10.2 Å². The summed E-state index contributed by atoms with van der Waals surface area (Å²) in [6, 6.07) is 13.7. The summed E-state index contributed by atoms with van der Waals surface area (Å²) in [4.78, 5) is 5.55. The Morgan fingerprint density at radius 1 is 0.962 bits per heavy atom.